The lowest BCUT2D eigenvalue weighted by Crippen LogP contribution is -2.35. The summed E-state index contributed by atoms with van der Waals surface area (Å²) >= 11 is 0. The van der Waals surface area contributed by atoms with E-state index in [2.05, 4.69) is 48.3 Å². The van der Waals surface area contributed by atoms with Crippen LogP contribution in [0, 0.1) is 11.8 Å². The van der Waals surface area contributed by atoms with Crippen LogP contribution in [0.25, 0.3) is 0 Å². The molecule has 1 saturated heterocycles. The Hall–Kier alpha value is -0.860. The lowest BCUT2D eigenvalue weighted by atomic mass is 9.86. The van der Waals surface area contributed by atoms with Crippen molar-refractivity contribution in [1.29, 1.82) is 0 Å². The van der Waals surface area contributed by atoms with E-state index in [0.29, 0.717) is 0 Å². The topological polar surface area (TPSA) is 15.3 Å². The number of likely N-dealkylation sites (tertiary alicyclic amines) is 1. The number of hydrogen-bond donors (Lipinski definition) is 1. The van der Waals surface area contributed by atoms with Gasteiger partial charge >= 0.3 is 0 Å². The molecule has 21 heavy (non-hydrogen) atoms. The third kappa shape index (κ3) is 4.31. The molecule has 0 amide bonds. The van der Waals surface area contributed by atoms with Gasteiger partial charge in [-0.15, -0.1) is 0 Å². The smallest absolute Gasteiger partial charge is 0.0236 e. The maximum absolute atomic E-state index is 3.65. The molecule has 1 saturated carbocycles. The van der Waals surface area contributed by atoms with Gasteiger partial charge in [-0.2, -0.15) is 0 Å². The van der Waals surface area contributed by atoms with Gasteiger partial charge in [-0.3, -0.25) is 4.90 Å². The Labute approximate surface area is 129 Å². The van der Waals surface area contributed by atoms with Gasteiger partial charge in [0.2, 0.25) is 0 Å². The van der Waals surface area contributed by atoms with E-state index in [1.165, 1.54) is 49.9 Å². The van der Waals surface area contributed by atoms with Crippen LogP contribution in [-0.2, 0) is 13.1 Å². The van der Waals surface area contributed by atoms with Crippen molar-refractivity contribution in [2.75, 3.05) is 13.1 Å². The van der Waals surface area contributed by atoms with Gasteiger partial charge in [0, 0.05) is 19.1 Å². The molecule has 2 heteroatoms. The second-order valence-electron chi connectivity index (χ2n) is 7.28. The summed E-state index contributed by atoms with van der Waals surface area (Å²) in [5, 5.41) is 3.65. The van der Waals surface area contributed by atoms with Crippen molar-refractivity contribution in [1.82, 2.24) is 10.2 Å². The van der Waals surface area contributed by atoms with Crippen LogP contribution in [0.2, 0.25) is 0 Å². The van der Waals surface area contributed by atoms with Crippen LogP contribution in [0.1, 0.15) is 50.7 Å². The highest BCUT2D eigenvalue weighted by Gasteiger charge is 2.23. The molecule has 1 aliphatic heterocycles. The van der Waals surface area contributed by atoms with Crippen molar-refractivity contribution in [3.05, 3.63) is 35.4 Å². The van der Waals surface area contributed by atoms with Gasteiger partial charge in [0.15, 0.2) is 0 Å². The zero-order chi connectivity index (χ0) is 14.7. The molecule has 1 aromatic carbocycles. The first-order valence-corrected chi connectivity index (χ1v) is 8.75. The van der Waals surface area contributed by atoms with Gasteiger partial charge in [0.25, 0.3) is 0 Å². The van der Waals surface area contributed by atoms with E-state index >= 15 is 0 Å². The molecule has 0 aromatic heterocycles. The predicted molar refractivity (Wildman–Crippen MR) is 89.1 cm³/mol. The molecule has 0 spiro atoms. The maximum Gasteiger partial charge on any atom is 0.0236 e. The molecule has 2 nitrogen and oxygen atoms in total. The van der Waals surface area contributed by atoms with Crippen LogP contribution in [0.3, 0.4) is 0 Å². The minimum absolute atomic E-state index is 0.792. The van der Waals surface area contributed by atoms with Crippen LogP contribution < -0.4 is 5.32 Å². The average Bonchev–Trinajstić information content (AvgIpc) is 3.31. The molecule has 2 fully saturated rings. The first-order valence-electron chi connectivity index (χ1n) is 8.75. The van der Waals surface area contributed by atoms with Gasteiger partial charge in [-0.1, -0.05) is 38.1 Å². The molecule has 0 bridgehead atoms. The van der Waals surface area contributed by atoms with Crippen molar-refractivity contribution in [2.45, 2.75) is 58.7 Å². The van der Waals surface area contributed by atoms with E-state index in [-0.39, 0.29) is 0 Å². The van der Waals surface area contributed by atoms with Gasteiger partial charge in [-0.05, 0) is 61.7 Å². The summed E-state index contributed by atoms with van der Waals surface area (Å²) in [6.45, 7) is 9.47. The summed E-state index contributed by atoms with van der Waals surface area (Å²) in [6, 6.07) is 9.78. The molecule has 2 aliphatic rings. The standard InChI is InChI=1S/C19H30N2/c1-15(2)16-9-11-21(12-10-16)14-18-6-4-3-5-17(18)13-20-19-7-8-19/h3-6,15-16,19-20H,7-14H2,1-2H3. The van der Waals surface area contributed by atoms with Gasteiger partial charge in [0.1, 0.15) is 0 Å². The summed E-state index contributed by atoms with van der Waals surface area (Å²) in [6.07, 6.45) is 5.48. The largest absolute Gasteiger partial charge is 0.310 e. The molecular formula is C19H30N2. The first kappa shape index (κ1) is 15.1. The zero-order valence-electron chi connectivity index (χ0n) is 13.6. The second-order valence-corrected chi connectivity index (χ2v) is 7.28. The van der Waals surface area contributed by atoms with E-state index in [9.17, 15) is 0 Å². The van der Waals surface area contributed by atoms with Crippen LogP contribution in [0.15, 0.2) is 24.3 Å². The molecule has 0 atom stereocenters. The third-order valence-electron chi connectivity index (χ3n) is 5.25. The third-order valence-corrected chi connectivity index (χ3v) is 5.25. The van der Waals surface area contributed by atoms with Gasteiger partial charge in [0.05, 0.1) is 0 Å². The highest BCUT2D eigenvalue weighted by atomic mass is 15.1. The minimum Gasteiger partial charge on any atom is -0.310 e. The molecular weight excluding hydrogens is 256 g/mol. The van der Waals surface area contributed by atoms with E-state index in [0.717, 1.165) is 31.0 Å². The number of nitrogens with one attached hydrogen (secondary N) is 1. The predicted octanol–water partition coefficient (Wildman–Crippen LogP) is 3.81. The fourth-order valence-corrected chi connectivity index (χ4v) is 3.44. The summed E-state index contributed by atoms with van der Waals surface area (Å²) in [4.78, 5) is 2.65. The van der Waals surface area contributed by atoms with E-state index in [4.69, 9.17) is 0 Å². The summed E-state index contributed by atoms with van der Waals surface area (Å²) < 4.78 is 0. The molecule has 0 radical (unpaired) electrons. The van der Waals surface area contributed by atoms with Gasteiger partial charge < -0.3 is 5.32 Å². The highest BCUT2D eigenvalue weighted by Crippen LogP contribution is 2.26. The summed E-state index contributed by atoms with van der Waals surface area (Å²) in [5.41, 5.74) is 3.02. The van der Waals surface area contributed by atoms with E-state index < -0.39 is 0 Å². The SMILES string of the molecule is CC(C)C1CCN(Cc2ccccc2CNC2CC2)CC1. The molecule has 1 aliphatic carbocycles. The van der Waals surface area contributed by atoms with Crippen LogP contribution in [-0.4, -0.2) is 24.0 Å². The summed E-state index contributed by atoms with van der Waals surface area (Å²) in [7, 11) is 0. The van der Waals surface area contributed by atoms with Crippen LogP contribution in [0.4, 0.5) is 0 Å². The molecule has 116 valence electrons. The molecule has 1 aromatic rings. The Balaban J connectivity index is 1.54. The number of hydrogen-bond acceptors (Lipinski definition) is 2. The highest BCUT2D eigenvalue weighted by molar-refractivity contribution is 5.27. The second kappa shape index (κ2) is 6.93. The lowest BCUT2D eigenvalue weighted by molar-refractivity contribution is 0.151. The minimum atomic E-state index is 0.792. The van der Waals surface area contributed by atoms with E-state index in [1.807, 2.05) is 0 Å². The van der Waals surface area contributed by atoms with Crippen LogP contribution in [0.5, 0.6) is 0 Å². The monoisotopic (exact) mass is 286 g/mol. The normalized spacial score (nSPS) is 21.1. The molecule has 1 heterocycles. The average molecular weight is 286 g/mol. The van der Waals surface area contributed by atoms with Crippen molar-refractivity contribution in [3.63, 3.8) is 0 Å². The van der Waals surface area contributed by atoms with Crippen LogP contribution >= 0.6 is 0 Å². The fraction of sp³-hybridized carbons (Fsp3) is 0.684. The summed E-state index contributed by atoms with van der Waals surface area (Å²) in [5.74, 6) is 1.79. The first-order chi connectivity index (χ1) is 10.2. The Morgan fingerprint density at radius 1 is 1.05 bits per heavy atom. The Kier molecular flexibility index (Phi) is 4.97. The number of benzene rings is 1. The van der Waals surface area contributed by atoms with Gasteiger partial charge in [-0.25, -0.2) is 0 Å². The molecule has 1 N–H and O–H groups in total. The Morgan fingerprint density at radius 2 is 1.71 bits per heavy atom. The number of nitrogens with zero attached hydrogens (tertiary/aromatic N) is 1. The van der Waals surface area contributed by atoms with Crippen molar-refractivity contribution in [3.8, 4) is 0 Å². The van der Waals surface area contributed by atoms with E-state index in [1.54, 1.807) is 0 Å². The van der Waals surface area contributed by atoms with Crippen molar-refractivity contribution in [2.24, 2.45) is 11.8 Å². The Bertz CT molecular complexity index is 443. The van der Waals surface area contributed by atoms with Crippen molar-refractivity contribution < 1.29 is 0 Å². The van der Waals surface area contributed by atoms with Crippen molar-refractivity contribution >= 4 is 0 Å². The number of piperidine rings is 1. The Morgan fingerprint density at radius 3 is 2.33 bits per heavy atom. The molecule has 0 unspecified atom stereocenters. The quantitative estimate of drug-likeness (QED) is 0.855. The fourth-order valence-electron chi connectivity index (χ4n) is 3.44. The molecule has 3 rings (SSSR count). The lowest BCUT2D eigenvalue weighted by Gasteiger charge is -2.34. The zero-order valence-corrected chi connectivity index (χ0v) is 13.6. The number of rotatable bonds is 6. The maximum atomic E-state index is 3.65.